The van der Waals surface area contributed by atoms with E-state index in [0.29, 0.717) is 21.5 Å². The third-order valence-corrected chi connectivity index (χ3v) is 12.1. The minimum atomic E-state index is -0.823. The van der Waals surface area contributed by atoms with Crippen LogP contribution in [-0.2, 0) is 15.1 Å². The smallest absolute Gasteiger partial charge is 0.248 e. The highest BCUT2D eigenvalue weighted by atomic mass is 35.5. The second-order valence-electron chi connectivity index (χ2n) is 13.3. The van der Waals surface area contributed by atoms with E-state index in [1.165, 1.54) is 11.8 Å². The number of halogens is 2. The molecule has 0 aromatic heterocycles. The number of likely N-dealkylation sites (tertiary alicyclic amines) is 1. The number of amides is 1. The summed E-state index contributed by atoms with van der Waals surface area (Å²) in [5, 5.41) is 5.84. The number of hydrogen-bond donors (Lipinski definition) is 1. The largest absolute Gasteiger partial charge is 0.335 e. The monoisotopic (exact) mass is 651 g/mol. The van der Waals surface area contributed by atoms with Crippen molar-refractivity contribution in [3.63, 3.8) is 0 Å². The van der Waals surface area contributed by atoms with Gasteiger partial charge in [-0.25, -0.2) is 4.99 Å². The Morgan fingerprint density at radius 1 is 1.00 bits per heavy atom. The van der Waals surface area contributed by atoms with Gasteiger partial charge in [0.2, 0.25) is 5.91 Å². The summed E-state index contributed by atoms with van der Waals surface area (Å²) >= 11 is 14.0. The Balaban J connectivity index is 1.26. The average molecular weight is 653 g/mol. The van der Waals surface area contributed by atoms with Gasteiger partial charge in [0.1, 0.15) is 5.54 Å². The molecule has 0 bridgehead atoms. The van der Waals surface area contributed by atoms with Crippen molar-refractivity contribution in [3.05, 3.63) is 80.3 Å². The molecule has 1 amide bonds. The molecule has 7 nitrogen and oxygen atoms in total. The van der Waals surface area contributed by atoms with Crippen LogP contribution in [0.15, 0.2) is 64.1 Å². The van der Waals surface area contributed by atoms with E-state index in [1.807, 2.05) is 60.4 Å². The Kier molecular flexibility index (Phi) is 7.69. The van der Waals surface area contributed by atoms with E-state index in [-0.39, 0.29) is 35.4 Å². The zero-order valence-corrected chi connectivity index (χ0v) is 28.0. The van der Waals surface area contributed by atoms with E-state index in [0.717, 1.165) is 60.8 Å². The van der Waals surface area contributed by atoms with Crippen molar-refractivity contribution >= 4 is 51.8 Å². The number of nitrogens with zero attached hydrogens (tertiary/aromatic N) is 4. The van der Waals surface area contributed by atoms with E-state index in [1.54, 1.807) is 0 Å². The fraction of sp³-hybridized carbons (Fsp3) is 0.500. The molecule has 1 saturated carbocycles. The second-order valence-corrected chi connectivity index (χ2v) is 15.2. The highest BCUT2D eigenvalue weighted by molar-refractivity contribution is 8.18. The SMILES string of the molecule is CC1=C(C(=O)C(C(=O)N2CC3(CC3)NC(C)C2C)N2CCCC2)SC2=N[C@@](C)(c3ccc(Cl)cc3)[C@@H](c3ccc(Cl)cc3)N21. The quantitative estimate of drug-likeness (QED) is 0.366. The Morgan fingerprint density at radius 2 is 1.61 bits per heavy atom. The standard InChI is InChI=1S/C34H39Cl2N5O2S/c1-20-21(2)40(19-34(37-20)15-16-34)31(43)27(39-17-5-6-18-39)28(42)29-22(3)41-30(23-7-11-25(35)12-8-23)33(4,38-32(41)44-29)24-9-13-26(36)14-10-24/h7-14,20-21,27,30,37H,5-6,15-19H2,1-4H3/t20?,21?,27?,30-,33+/m1/s1. The molecule has 3 unspecified atom stereocenters. The Hall–Kier alpha value is -2.36. The zero-order chi connectivity index (χ0) is 31.0. The first kappa shape index (κ1) is 30.3. The molecule has 5 atom stereocenters. The first-order valence-corrected chi connectivity index (χ1v) is 17.2. The summed E-state index contributed by atoms with van der Waals surface area (Å²) < 4.78 is 0. The topological polar surface area (TPSA) is 68.2 Å². The lowest BCUT2D eigenvalue weighted by Crippen LogP contribution is -2.66. The van der Waals surface area contributed by atoms with Gasteiger partial charge in [0.05, 0.1) is 10.9 Å². The molecule has 232 valence electrons. The van der Waals surface area contributed by atoms with Gasteiger partial charge in [-0.1, -0.05) is 47.5 Å². The normalized spacial score (nSPS) is 30.1. The fourth-order valence-corrected chi connectivity index (χ4v) is 9.02. The van der Waals surface area contributed by atoms with E-state index in [2.05, 4.69) is 35.9 Å². The fourth-order valence-electron chi connectivity index (χ4n) is 7.55. The molecule has 1 N–H and O–H groups in total. The average Bonchev–Trinajstić information content (AvgIpc) is 3.29. The maximum absolute atomic E-state index is 14.7. The minimum Gasteiger partial charge on any atom is -0.335 e. The van der Waals surface area contributed by atoms with Crippen LogP contribution in [-0.4, -0.2) is 74.9 Å². The third-order valence-electron chi connectivity index (χ3n) is 10.4. The van der Waals surface area contributed by atoms with Gasteiger partial charge in [0.25, 0.3) is 0 Å². The highest BCUT2D eigenvalue weighted by Crippen LogP contribution is 2.55. The van der Waals surface area contributed by atoms with Crippen LogP contribution in [0.4, 0.5) is 0 Å². The number of amidine groups is 1. The molecule has 2 saturated heterocycles. The lowest BCUT2D eigenvalue weighted by molar-refractivity contribution is -0.145. The maximum Gasteiger partial charge on any atom is 0.248 e. The molecule has 10 heteroatoms. The number of ketones is 1. The molecule has 7 rings (SSSR count). The zero-order valence-electron chi connectivity index (χ0n) is 25.6. The van der Waals surface area contributed by atoms with Crippen LogP contribution in [0.1, 0.15) is 70.5 Å². The molecule has 0 radical (unpaired) electrons. The first-order valence-electron chi connectivity index (χ1n) is 15.7. The summed E-state index contributed by atoms with van der Waals surface area (Å²) in [5.74, 6) is -0.165. The lowest BCUT2D eigenvalue weighted by Gasteiger charge is -2.45. The highest BCUT2D eigenvalue weighted by Gasteiger charge is 2.55. The molecule has 2 aromatic carbocycles. The van der Waals surface area contributed by atoms with E-state index in [4.69, 9.17) is 28.2 Å². The molecule has 3 fully saturated rings. The number of thioether (sulfide) groups is 1. The summed E-state index contributed by atoms with van der Waals surface area (Å²) in [7, 11) is 0. The number of benzene rings is 2. The van der Waals surface area contributed by atoms with E-state index < -0.39 is 11.6 Å². The number of nitrogens with one attached hydrogen (secondary N) is 1. The number of aliphatic imine (C=N–C) groups is 1. The molecule has 2 aromatic rings. The number of hydrogen-bond acceptors (Lipinski definition) is 7. The summed E-state index contributed by atoms with van der Waals surface area (Å²) in [5.41, 5.74) is 2.29. The summed E-state index contributed by atoms with van der Waals surface area (Å²) in [4.78, 5) is 41.4. The molecule has 4 heterocycles. The lowest BCUT2D eigenvalue weighted by atomic mass is 9.81. The summed E-state index contributed by atoms with van der Waals surface area (Å²) in [6, 6.07) is 14.9. The number of fused-ring (bicyclic) bond motifs is 1. The van der Waals surface area contributed by atoms with Gasteiger partial charge in [-0.15, -0.1) is 0 Å². The predicted molar refractivity (Wildman–Crippen MR) is 178 cm³/mol. The predicted octanol–water partition coefficient (Wildman–Crippen LogP) is 6.37. The molecular weight excluding hydrogens is 613 g/mol. The molecule has 1 spiro atoms. The molecule has 5 aliphatic rings. The number of allylic oxidation sites excluding steroid dienone is 1. The van der Waals surface area contributed by atoms with Gasteiger partial charge >= 0.3 is 0 Å². The number of piperazine rings is 1. The van der Waals surface area contributed by atoms with Gasteiger partial charge < -0.3 is 15.1 Å². The molecule has 44 heavy (non-hydrogen) atoms. The van der Waals surface area contributed by atoms with Crippen LogP contribution < -0.4 is 5.32 Å². The van der Waals surface area contributed by atoms with Crippen LogP contribution in [0.25, 0.3) is 0 Å². The molecular formula is C34H39Cl2N5O2S. The van der Waals surface area contributed by atoms with Crippen molar-refractivity contribution in [2.75, 3.05) is 19.6 Å². The van der Waals surface area contributed by atoms with Crippen molar-refractivity contribution in [2.24, 2.45) is 4.99 Å². The number of rotatable bonds is 6. The van der Waals surface area contributed by atoms with Crippen LogP contribution in [0.3, 0.4) is 0 Å². The third kappa shape index (κ3) is 5.01. The Bertz CT molecular complexity index is 1550. The van der Waals surface area contributed by atoms with E-state index in [9.17, 15) is 9.59 Å². The van der Waals surface area contributed by atoms with Crippen LogP contribution in [0.2, 0.25) is 10.0 Å². The van der Waals surface area contributed by atoms with Crippen molar-refractivity contribution < 1.29 is 9.59 Å². The van der Waals surface area contributed by atoms with Gasteiger partial charge in [0, 0.05) is 39.9 Å². The van der Waals surface area contributed by atoms with Crippen LogP contribution >= 0.6 is 35.0 Å². The van der Waals surface area contributed by atoms with Gasteiger partial charge in [0.15, 0.2) is 17.0 Å². The number of carbonyl (C=O) groups is 2. The van der Waals surface area contributed by atoms with Crippen molar-refractivity contribution in [1.29, 1.82) is 0 Å². The Labute approximate surface area is 274 Å². The van der Waals surface area contributed by atoms with Gasteiger partial charge in [-0.2, -0.15) is 0 Å². The van der Waals surface area contributed by atoms with Crippen LogP contribution in [0, 0.1) is 0 Å². The summed E-state index contributed by atoms with van der Waals surface area (Å²) in [6.07, 6.45) is 4.14. The minimum absolute atomic E-state index is 0.00682. The van der Waals surface area contributed by atoms with Crippen molar-refractivity contribution in [3.8, 4) is 0 Å². The van der Waals surface area contributed by atoms with Gasteiger partial charge in [-0.3, -0.25) is 14.5 Å². The molecule has 1 aliphatic carbocycles. The number of Topliss-reactive ketones (excluding diaryl/α,β-unsaturated/α-hetero) is 1. The number of carbonyl (C=O) groups excluding carboxylic acids is 2. The summed E-state index contributed by atoms with van der Waals surface area (Å²) in [6.45, 7) is 10.6. The van der Waals surface area contributed by atoms with E-state index >= 15 is 0 Å². The van der Waals surface area contributed by atoms with Crippen LogP contribution in [0.5, 0.6) is 0 Å². The molecule has 4 aliphatic heterocycles. The van der Waals surface area contributed by atoms with Crippen molar-refractivity contribution in [2.45, 2.75) is 88.6 Å². The second kappa shape index (κ2) is 11.2. The van der Waals surface area contributed by atoms with Crippen molar-refractivity contribution in [1.82, 2.24) is 20.0 Å². The Morgan fingerprint density at radius 3 is 2.23 bits per heavy atom. The van der Waals surface area contributed by atoms with Gasteiger partial charge in [-0.05, 0) is 114 Å². The maximum atomic E-state index is 14.7. The first-order chi connectivity index (χ1) is 21.0.